The van der Waals surface area contributed by atoms with Crippen molar-refractivity contribution < 1.29 is 14.3 Å². The first kappa shape index (κ1) is 25.3. The van der Waals surface area contributed by atoms with Crippen molar-refractivity contribution in [2.45, 2.75) is 45.6 Å². The van der Waals surface area contributed by atoms with E-state index < -0.39 is 0 Å². The maximum Gasteiger partial charge on any atom is 0.257 e. The molecule has 0 aliphatic carbocycles. The van der Waals surface area contributed by atoms with Crippen molar-refractivity contribution >= 4 is 16.9 Å². The van der Waals surface area contributed by atoms with E-state index in [0.29, 0.717) is 24.8 Å². The van der Waals surface area contributed by atoms with Crippen molar-refractivity contribution in [3.63, 3.8) is 0 Å². The van der Waals surface area contributed by atoms with Gasteiger partial charge in [0.1, 0.15) is 17.3 Å². The lowest BCUT2D eigenvalue weighted by atomic mass is 10.0. The van der Waals surface area contributed by atoms with Crippen molar-refractivity contribution in [2.24, 2.45) is 0 Å². The highest BCUT2D eigenvalue weighted by molar-refractivity contribution is 5.77. The molecule has 0 saturated heterocycles. The molecule has 1 heterocycles. The van der Waals surface area contributed by atoms with Gasteiger partial charge >= 0.3 is 0 Å². The molecule has 36 heavy (non-hydrogen) atoms. The smallest absolute Gasteiger partial charge is 0.257 e. The zero-order valence-corrected chi connectivity index (χ0v) is 21.2. The largest absolute Gasteiger partial charge is 0.494 e. The first-order valence-corrected chi connectivity index (χ1v) is 12.7. The Morgan fingerprint density at radius 2 is 1.61 bits per heavy atom. The number of rotatable bonds is 13. The maximum absolute atomic E-state index is 12.1. The Bertz CT molecular complexity index is 1230. The molecule has 6 nitrogen and oxygen atoms in total. The van der Waals surface area contributed by atoms with Crippen LogP contribution in [0.2, 0.25) is 0 Å². The first-order chi connectivity index (χ1) is 17.6. The molecule has 0 aliphatic rings. The van der Waals surface area contributed by atoms with Crippen molar-refractivity contribution in [2.75, 3.05) is 19.8 Å². The summed E-state index contributed by atoms with van der Waals surface area (Å²) in [5.41, 5.74) is 3.45. The van der Waals surface area contributed by atoms with Crippen LogP contribution in [0.1, 0.15) is 44.0 Å². The van der Waals surface area contributed by atoms with E-state index in [-0.39, 0.29) is 12.5 Å². The van der Waals surface area contributed by atoms with Crippen LogP contribution < -0.4 is 14.8 Å². The second-order valence-corrected chi connectivity index (χ2v) is 9.15. The molecule has 0 radical (unpaired) electrons. The Labute approximate surface area is 213 Å². The van der Waals surface area contributed by atoms with Crippen molar-refractivity contribution in [3.8, 4) is 11.5 Å². The number of nitrogens with one attached hydrogen (secondary N) is 1. The third-order valence-electron chi connectivity index (χ3n) is 6.09. The van der Waals surface area contributed by atoms with Gasteiger partial charge < -0.3 is 19.4 Å². The van der Waals surface area contributed by atoms with Crippen LogP contribution in [0.4, 0.5) is 0 Å². The van der Waals surface area contributed by atoms with Crippen LogP contribution in [0.15, 0.2) is 78.9 Å². The SMILES string of the molecule is CC(C)c1ccc(OCCCn2c(CCCNC(=O)COc3ccccc3)nc3ccccc32)cc1. The molecule has 0 unspecified atom stereocenters. The monoisotopic (exact) mass is 485 g/mol. The number of aromatic nitrogens is 2. The molecule has 1 N–H and O–H groups in total. The lowest BCUT2D eigenvalue weighted by Gasteiger charge is -2.12. The van der Waals surface area contributed by atoms with E-state index in [1.54, 1.807) is 0 Å². The van der Waals surface area contributed by atoms with Crippen LogP contribution in [0.5, 0.6) is 11.5 Å². The van der Waals surface area contributed by atoms with Gasteiger partial charge in [0.25, 0.3) is 5.91 Å². The van der Waals surface area contributed by atoms with E-state index in [0.717, 1.165) is 48.4 Å². The molecule has 0 saturated carbocycles. The number of amides is 1. The van der Waals surface area contributed by atoms with E-state index in [9.17, 15) is 4.79 Å². The highest BCUT2D eigenvalue weighted by Crippen LogP contribution is 2.20. The number of carbonyl (C=O) groups is 1. The number of imidazole rings is 1. The predicted octanol–water partition coefficient (Wildman–Crippen LogP) is 5.76. The fraction of sp³-hybridized carbons (Fsp3) is 0.333. The van der Waals surface area contributed by atoms with Gasteiger partial charge in [0.2, 0.25) is 0 Å². The Kier molecular flexibility index (Phi) is 8.98. The van der Waals surface area contributed by atoms with Crippen LogP contribution in [-0.4, -0.2) is 35.2 Å². The molecule has 6 heteroatoms. The second-order valence-electron chi connectivity index (χ2n) is 9.15. The summed E-state index contributed by atoms with van der Waals surface area (Å²) in [7, 11) is 0. The number of ether oxygens (including phenoxy) is 2. The molecule has 188 valence electrons. The van der Waals surface area contributed by atoms with E-state index >= 15 is 0 Å². The predicted molar refractivity (Wildman–Crippen MR) is 144 cm³/mol. The topological polar surface area (TPSA) is 65.4 Å². The van der Waals surface area contributed by atoms with E-state index in [1.165, 1.54) is 5.56 Å². The number of hydrogen-bond donors (Lipinski definition) is 1. The average Bonchev–Trinajstić information content (AvgIpc) is 3.26. The number of nitrogens with zero attached hydrogens (tertiary/aromatic N) is 2. The fourth-order valence-corrected chi connectivity index (χ4v) is 4.12. The normalized spacial score (nSPS) is 11.1. The highest BCUT2D eigenvalue weighted by Gasteiger charge is 2.11. The highest BCUT2D eigenvalue weighted by atomic mass is 16.5. The number of fused-ring (bicyclic) bond motifs is 1. The van der Waals surface area contributed by atoms with Gasteiger partial charge in [-0.05, 0) is 60.7 Å². The van der Waals surface area contributed by atoms with Crippen molar-refractivity contribution in [1.82, 2.24) is 14.9 Å². The number of para-hydroxylation sites is 3. The zero-order valence-electron chi connectivity index (χ0n) is 21.2. The number of benzene rings is 3. The molecule has 1 amide bonds. The van der Waals surface area contributed by atoms with E-state index in [1.807, 2.05) is 60.7 Å². The minimum atomic E-state index is -0.120. The van der Waals surface area contributed by atoms with Crippen molar-refractivity contribution in [3.05, 3.63) is 90.3 Å². The molecule has 0 fully saturated rings. The van der Waals surface area contributed by atoms with Crippen LogP contribution >= 0.6 is 0 Å². The van der Waals surface area contributed by atoms with Crippen LogP contribution in [0.25, 0.3) is 11.0 Å². The Hall–Kier alpha value is -3.80. The van der Waals surface area contributed by atoms with Gasteiger partial charge in [-0.3, -0.25) is 4.79 Å². The molecule has 0 atom stereocenters. The third kappa shape index (κ3) is 7.11. The summed E-state index contributed by atoms with van der Waals surface area (Å²) in [5.74, 6) is 3.03. The molecule has 1 aromatic heterocycles. The third-order valence-corrected chi connectivity index (χ3v) is 6.09. The molecule has 4 aromatic rings. The van der Waals surface area contributed by atoms with E-state index in [4.69, 9.17) is 14.5 Å². The standard InChI is InChI=1S/C30H35N3O3/c1-23(2)24-15-17-26(18-16-24)35-21-9-20-33-28-13-7-6-12-27(28)32-29(33)14-8-19-31-30(34)22-36-25-10-4-3-5-11-25/h3-7,10-13,15-18,23H,8-9,14,19-22H2,1-2H3,(H,31,34). The molecule has 0 aliphatic heterocycles. The van der Waals surface area contributed by atoms with Gasteiger partial charge in [0.15, 0.2) is 6.61 Å². The summed E-state index contributed by atoms with van der Waals surface area (Å²) in [6.07, 6.45) is 2.47. The lowest BCUT2D eigenvalue weighted by Crippen LogP contribution is -2.30. The summed E-state index contributed by atoms with van der Waals surface area (Å²) in [4.78, 5) is 17.0. The molecule has 0 bridgehead atoms. The molecule has 3 aromatic carbocycles. The van der Waals surface area contributed by atoms with Gasteiger partial charge in [-0.15, -0.1) is 0 Å². The Balaban J connectivity index is 1.25. The van der Waals surface area contributed by atoms with Crippen molar-refractivity contribution in [1.29, 1.82) is 0 Å². The molecule has 4 rings (SSSR count). The molecular formula is C30H35N3O3. The van der Waals surface area contributed by atoms with Gasteiger partial charge in [-0.25, -0.2) is 4.98 Å². The minimum absolute atomic E-state index is 0.0166. The van der Waals surface area contributed by atoms with E-state index in [2.05, 4.69) is 41.9 Å². The summed E-state index contributed by atoms with van der Waals surface area (Å²) >= 11 is 0. The van der Waals surface area contributed by atoms with Gasteiger partial charge in [0, 0.05) is 19.5 Å². The minimum Gasteiger partial charge on any atom is -0.494 e. The molecular weight excluding hydrogens is 450 g/mol. The Morgan fingerprint density at radius 1 is 0.889 bits per heavy atom. The van der Waals surface area contributed by atoms with Gasteiger partial charge in [-0.2, -0.15) is 0 Å². The summed E-state index contributed by atoms with van der Waals surface area (Å²) in [6.45, 7) is 6.45. The summed E-state index contributed by atoms with van der Waals surface area (Å²) in [5, 5.41) is 2.94. The quantitative estimate of drug-likeness (QED) is 0.245. The average molecular weight is 486 g/mol. The first-order valence-electron chi connectivity index (χ1n) is 12.7. The Morgan fingerprint density at radius 3 is 2.39 bits per heavy atom. The van der Waals surface area contributed by atoms with Crippen LogP contribution in [0.3, 0.4) is 0 Å². The van der Waals surface area contributed by atoms with Gasteiger partial charge in [-0.1, -0.05) is 56.3 Å². The van der Waals surface area contributed by atoms with Crippen LogP contribution in [0, 0.1) is 0 Å². The zero-order chi connectivity index (χ0) is 25.2. The summed E-state index contributed by atoms with van der Waals surface area (Å²) in [6, 6.07) is 25.9. The number of aryl methyl sites for hydroxylation is 2. The maximum atomic E-state index is 12.1. The van der Waals surface area contributed by atoms with Gasteiger partial charge in [0.05, 0.1) is 17.6 Å². The fourth-order valence-electron chi connectivity index (χ4n) is 4.12. The van der Waals surface area contributed by atoms with Crippen LogP contribution in [-0.2, 0) is 17.8 Å². The summed E-state index contributed by atoms with van der Waals surface area (Å²) < 4.78 is 13.8. The molecule has 0 spiro atoms. The second kappa shape index (κ2) is 12.8. The number of hydrogen-bond acceptors (Lipinski definition) is 4. The number of carbonyl (C=O) groups excluding carboxylic acids is 1. The lowest BCUT2D eigenvalue weighted by molar-refractivity contribution is -0.123.